The van der Waals surface area contributed by atoms with Crippen molar-refractivity contribution in [1.82, 2.24) is 0 Å². The van der Waals surface area contributed by atoms with Crippen LogP contribution in [-0.2, 0) is 6.42 Å². The summed E-state index contributed by atoms with van der Waals surface area (Å²) < 4.78 is 0. The molecular weight excluding hydrogens is 268 g/mol. The standard InChI is InChI=1S/C20H28Si/c1-4-6-10-17-12-8-14-19(16(17)3)21-20-15-9-13-18(20)11-7-5-2/h8-9,12-14H,4-7,10-11,15H2,1-3H3. The van der Waals surface area contributed by atoms with E-state index in [4.69, 9.17) is 0 Å². The molecule has 2 rings (SSSR count). The Hall–Kier alpha value is -1.08. The Morgan fingerprint density at radius 1 is 1.05 bits per heavy atom. The Bertz CT molecular complexity index is 523. The van der Waals surface area contributed by atoms with E-state index in [2.05, 4.69) is 51.1 Å². The van der Waals surface area contributed by atoms with Crippen LogP contribution in [0.4, 0.5) is 0 Å². The minimum absolute atomic E-state index is 0.867. The van der Waals surface area contributed by atoms with Crippen LogP contribution in [-0.4, -0.2) is 9.52 Å². The molecule has 0 aromatic heterocycles. The highest BCUT2D eigenvalue weighted by molar-refractivity contribution is 6.62. The van der Waals surface area contributed by atoms with Crippen LogP contribution >= 0.6 is 0 Å². The molecule has 112 valence electrons. The van der Waals surface area contributed by atoms with Crippen LogP contribution in [0.2, 0.25) is 0 Å². The lowest BCUT2D eigenvalue weighted by molar-refractivity contribution is 0.792. The Balaban J connectivity index is 2.12. The third kappa shape index (κ3) is 4.44. The fraction of sp³-hybridized carbons (Fsp3) is 0.500. The molecule has 0 fully saturated rings. The molecule has 1 aromatic rings. The van der Waals surface area contributed by atoms with Gasteiger partial charge in [0.25, 0.3) is 0 Å². The molecule has 1 aliphatic carbocycles. The molecule has 1 aromatic carbocycles. The number of allylic oxidation sites excluding steroid dienone is 4. The fourth-order valence-corrected chi connectivity index (χ4v) is 4.34. The minimum atomic E-state index is 0.867. The molecule has 2 radical (unpaired) electrons. The van der Waals surface area contributed by atoms with Crippen LogP contribution in [0, 0.1) is 6.92 Å². The van der Waals surface area contributed by atoms with Crippen LogP contribution < -0.4 is 5.19 Å². The average Bonchev–Trinajstić information content (AvgIpc) is 2.93. The summed E-state index contributed by atoms with van der Waals surface area (Å²) in [7, 11) is 0.867. The second-order valence-corrected chi connectivity index (χ2v) is 7.42. The van der Waals surface area contributed by atoms with E-state index in [1.54, 1.807) is 27.1 Å². The van der Waals surface area contributed by atoms with Gasteiger partial charge in [-0.3, -0.25) is 0 Å². The van der Waals surface area contributed by atoms with Crippen molar-refractivity contribution < 1.29 is 0 Å². The molecule has 0 bridgehead atoms. The third-order valence-electron chi connectivity index (χ3n) is 4.36. The van der Waals surface area contributed by atoms with Gasteiger partial charge in [0, 0.05) is 0 Å². The highest BCUT2D eigenvalue weighted by Crippen LogP contribution is 2.23. The summed E-state index contributed by atoms with van der Waals surface area (Å²) in [6.07, 6.45) is 13.6. The zero-order chi connectivity index (χ0) is 15.1. The summed E-state index contributed by atoms with van der Waals surface area (Å²) in [5, 5.41) is 3.25. The highest BCUT2D eigenvalue weighted by atomic mass is 28.2. The first kappa shape index (κ1) is 16.3. The van der Waals surface area contributed by atoms with E-state index in [-0.39, 0.29) is 0 Å². The maximum atomic E-state index is 2.37. The van der Waals surface area contributed by atoms with Gasteiger partial charge in [-0.25, -0.2) is 0 Å². The van der Waals surface area contributed by atoms with Gasteiger partial charge in [0.05, 0.1) is 0 Å². The number of aryl methyl sites for hydroxylation is 1. The molecule has 1 heteroatoms. The first-order valence-corrected chi connectivity index (χ1v) is 9.50. The topological polar surface area (TPSA) is 0 Å². The van der Waals surface area contributed by atoms with Gasteiger partial charge in [-0.2, -0.15) is 0 Å². The summed E-state index contributed by atoms with van der Waals surface area (Å²) in [5.74, 6) is 0. The molecule has 0 aliphatic heterocycles. The lowest BCUT2D eigenvalue weighted by Crippen LogP contribution is -2.21. The van der Waals surface area contributed by atoms with E-state index in [0.717, 1.165) is 9.52 Å². The van der Waals surface area contributed by atoms with Gasteiger partial charge < -0.3 is 0 Å². The van der Waals surface area contributed by atoms with E-state index < -0.39 is 0 Å². The molecule has 0 unspecified atom stereocenters. The monoisotopic (exact) mass is 296 g/mol. The Labute approximate surface area is 133 Å². The van der Waals surface area contributed by atoms with E-state index in [1.807, 2.05) is 0 Å². The van der Waals surface area contributed by atoms with Gasteiger partial charge >= 0.3 is 0 Å². The summed E-state index contributed by atoms with van der Waals surface area (Å²) in [5.41, 5.74) is 4.72. The van der Waals surface area contributed by atoms with Crippen molar-refractivity contribution in [2.75, 3.05) is 0 Å². The fourth-order valence-electron chi connectivity index (χ4n) is 2.90. The molecule has 0 nitrogen and oxygen atoms in total. The summed E-state index contributed by atoms with van der Waals surface area (Å²) in [6.45, 7) is 6.88. The molecular formula is C20H28Si. The predicted octanol–water partition coefficient (Wildman–Crippen LogP) is 5.07. The van der Waals surface area contributed by atoms with Crippen molar-refractivity contribution in [2.45, 2.75) is 65.7 Å². The number of unbranched alkanes of at least 4 members (excludes halogenated alkanes) is 2. The van der Waals surface area contributed by atoms with Crippen LogP contribution in [0.1, 0.15) is 63.5 Å². The number of hydrogen-bond donors (Lipinski definition) is 0. The van der Waals surface area contributed by atoms with Crippen LogP contribution in [0.15, 0.2) is 41.1 Å². The van der Waals surface area contributed by atoms with Crippen LogP contribution in [0.3, 0.4) is 0 Å². The van der Waals surface area contributed by atoms with Gasteiger partial charge in [0.15, 0.2) is 0 Å². The largest absolute Gasteiger partial charge is 0.117 e. The second kappa shape index (κ2) is 8.38. The molecule has 0 heterocycles. The van der Waals surface area contributed by atoms with Gasteiger partial charge in [0.1, 0.15) is 9.52 Å². The Morgan fingerprint density at radius 2 is 1.81 bits per heavy atom. The summed E-state index contributed by atoms with van der Waals surface area (Å²) in [6, 6.07) is 6.92. The molecule has 0 amide bonds. The van der Waals surface area contributed by atoms with Gasteiger partial charge in [-0.05, 0) is 50.2 Å². The quantitative estimate of drug-likeness (QED) is 0.587. The molecule has 0 atom stereocenters. The Kier molecular flexibility index (Phi) is 6.50. The van der Waals surface area contributed by atoms with Crippen molar-refractivity contribution in [3.05, 3.63) is 52.2 Å². The van der Waals surface area contributed by atoms with Gasteiger partial charge in [-0.1, -0.05) is 73.0 Å². The molecule has 21 heavy (non-hydrogen) atoms. The molecule has 0 spiro atoms. The van der Waals surface area contributed by atoms with Crippen molar-refractivity contribution in [1.29, 1.82) is 0 Å². The molecule has 0 saturated heterocycles. The second-order valence-electron chi connectivity index (χ2n) is 6.03. The maximum absolute atomic E-state index is 2.37. The van der Waals surface area contributed by atoms with Gasteiger partial charge in [0.2, 0.25) is 0 Å². The lowest BCUT2D eigenvalue weighted by Gasteiger charge is -2.12. The maximum Gasteiger partial charge on any atom is 0.117 e. The third-order valence-corrected chi connectivity index (χ3v) is 6.00. The predicted molar refractivity (Wildman–Crippen MR) is 95.5 cm³/mol. The number of benzene rings is 1. The van der Waals surface area contributed by atoms with Crippen molar-refractivity contribution in [3.63, 3.8) is 0 Å². The number of hydrogen-bond acceptors (Lipinski definition) is 0. The van der Waals surface area contributed by atoms with Crippen molar-refractivity contribution in [2.24, 2.45) is 0 Å². The first-order valence-electron chi connectivity index (χ1n) is 8.50. The van der Waals surface area contributed by atoms with E-state index >= 15 is 0 Å². The smallest absolute Gasteiger partial charge is 0.0806 e. The molecule has 0 N–H and O–H groups in total. The minimum Gasteiger partial charge on any atom is -0.0806 e. The average molecular weight is 297 g/mol. The van der Waals surface area contributed by atoms with Crippen LogP contribution in [0.5, 0.6) is 0 Å². The highest BCUT2D eigenvalue weighted by Gasteiger charge is 2.13. The van der Waals surface area contributed by atoms with E-state index in [1.165, 1.54) is 44.9 Å². The van der Waals surface area contributed by atoms with Crippen LogP contribution in [0.25, 0.3) is 0 Å². The van der Waals surface area contributed by atoms with Gasteiger partial charge in [-0.15, -0.1) is 0 Å². The van der Waals surface area contributed by atoms with E-state index in [0.29, 0.717) is 0 Å². The van der Waals surface area contributed by atoms with Crippen molar-refractivity contribution >= 4 is 14.7 Å². The van der Waals surface area contributed by atoms with Crippen molar-refractivity contribution in [3.8, 4) is 0 Å². The lowest BCUT2D eigenvalue weighted by atomic mass is 10.0. The number of rotatable bonds is 8. The molecule has 1 aliphatic rings. The normalized spacial score (nSPS) is 14.2. The SMILES string of the molecule is CCCCC1=C([Si]c2cccc(CCCC)c2C)CC=C1. The summed E-state index contributed by atoms with van der Waals surface area (Å²) >= 11 is 0. The first-order chi connectivity index (χ1) is 10.3. The van der Waals surface area contributed by atoms with E-state index in [9.17, 15) is 0 Å². The zero-order valence-electron chi connectivity index (χ0n) is 13.8. The zero-order valence-corrected chi connectivity index (χ0v) is 14.8. The summed E-state index contributed by atoms with van der Waals surface area (Å²) in [4.78, 5) is 0. The Morgan fingerprint density at radius 3 is 2.57 bits per heavy atom. The molecule has 0 saturated carbocycles.